The molecule has 5 aromatic rings. The number of nitrogens with one attached hydrogen (secondary N) is 2. The second kappa shape index (κ2) is 21.3. The molecule has 354 valence electrons. The molecule has 66 heavy (non-hydrogen) atoms. The van der Waals surface area contributed by atoms with Crippen LogP contribution in [0, 0.1) is 5.92 Å². The molecule has 1 aliphatic heterocycles. The van der Waals surface area contributed by atoms with Crippen LogP contribution in [-0.4, -0.2) is 89.4 Å². The molecule has 1 unspecified atom stereocenters. The van der Waals surface area contributed by atoms with E-state index in [1.165, 1.54) is 36.0 Å². The number of piperidine rings is 1. The monoisotopic (exact) mass is 976 g/mol. The van der Waals surface area contributed by atoms with E-state index in [9.17, 15) is 53.1 Å². The van der Waals surface area contributed by atoms with Crippen molar-refractivity contribution in [3.05, 3.63) is 138 Å². The van der Waals surface area contributed by atoms with Gasteiger partial charge in [-0.15, -0.1) is 11.8 Å². The molecule has 1 fully saturated rings. The zero-order chi connectivity index (χ0) is 47.9. The molecule has 0 radical (unpaired) electrons. The Balaban J connectivity index is 1.13. The van der Waals surface area contributed by atoms with Crippen molar-refractivity contribution in [1.82, 2.24) is 9.62 Å². The molecule has 1 heterocycles. The SMILES string of the molecule is CC(Sc1ccccc1)[C@@H](CCN(C)CCO)Nc1ccc(S(=O)(=O)NC(=O)c2ccc(N3CCC(Cc4ccccc4-c4ccc(C(F)(F)F)cc4)CC3)cc2)cc1S(=O)(=O)C(F)(F)F. The summed E-state index contributed by atoms with van der Waals surface area (Å²) in [7, 11) is -9.28. The number of aliphatic hydroxyl groups is 1. The topological polar surface area (TPSA) is 136 Å². The normalized spacial score (nSPS) is 15.1. The number of carbonyl (C=O) groups excluding carboxylic acids is 1. The lowest BCUT2D eigenvalue weighted by Crippen LogP contribution is -2.36. The number of likely N-dealkylation sites (N-methyl/N-ethyl adjacent to an activating group) is 1. The third kappa shape index (κ3) is 12.7. The van der Waals surface area contributed by atoms with E-state index in [-0.39, 0.29) is 23.3 Å². The lowest BCUT2D eigenvalue weighted by Gasteiger charge is -2.34. The quantitative estimate of drug-likeness (QED) is 0.0576. The van der Waals surface area contributed by atoms with Crippen molar-refractivity contribution in [2.45, 2.75) is 70.3 Å². The van der Waals surface area contributed by atoms with Gasteiger partial charge in [0.2, 0.25) is 0 Å². The van der Waals surface area contributed by atoms with E-state index in [1.807, 2.05) is 66.2 Å². The maximum Gasteiger partial charge on any atom is 0.501 e. The van der Waals surface area contributed by atoms with Gasteiger partial charge >= 0.3 is 11.7 Å². The van der Waals surface area contributed by atoms with Crippen molar-refractivity contribution in [2.75, 3.05) is 50.1 Å². The highest BCUT2D eigenvalue weighted by Crippen LogP contribution is 2.38. The highest BCUT2D eigenvalue weighted by Gasteiger charge is 2.48. The number of aliphatic hydroxyl groups excluding tert-OH is 1. The van der Waals surface area contributed by atoms with Crippen LogP contribution in [0.25, 0.3) is 11.1 Å². The Morgan fingerprint density at radius 2 is 1.47 bits per heavy atom. The Morgan fingerprint density at radius 1 is 0.833 bits per heavy atom. The number of anilines is 2. The molecule has 3 N–H and O–H groups in total. The van der Waals surface area contributed by atoms with E-state index in [0.29, 0.717) is 44.2 Å². The first-order valence-corrected chi connectivity index (χ1v) is 24.9. The average Bonchev–Trinajstić information content (AvgIpc) is 3.28. The second-order valence-electron chi connectivity index (χ2n) is 16.2. The largest absolute Gasteiger partial charge is 0.501 e. The van der Waals surface area contributed by atoms with Gasteiger partial charge in [-0.05, 0) is 129 Å². The van der Waals surface area contributed by atoms with E-state index in [0.717, 1.165) is 65.2 Å². The molecule has 0 saturated carbocycles. The third-order valence-electron chi connectivity index (χ3n) is 11.5. The second-order valence-corrected chi connectivity index (χ2v) is 21.2. The summed E-state index contributed by atoms with van der Waals surface area (Å²) in [6.07, 6.45) is -1.79. The van der Waals surface area contributed by atoms with Crippen molar-refractivity contribution < 1.29 is 53.1 Å². The molecule has 10 nitrogen and oxygen atoms in total. The molecule has 2 atom stereocenters. The standard InChI is InChI=1S/C47H50F6N4O6S3/c1-32(64-39-9-4-3-5-10-39)42(24-25-56(2)28-29-58)54-43-21-20-40(31-44(43)65(60,61)47(51,52)53)66(62,63)55-45(59)35-14-18-38(19-15-35)57-26-22-33(23-27-57)30-36-8-6-7-11-41(36)34-12-16-37(17-13-34)46(48,49)50/h3-21,31-33,42,54,58H,22-30H2,1-2H3,(H,55,59)/t32?,42-/m1/s1. The number of hydrogen-bond acceptors (Lipinski definition) is 10. The minimum Gasteiger partial charge on any atom is -0.395 e. The van der Waals surface area contributed by atoms with Crippen LogP contribution in [0.3, 0.4) is 0 Å². The number of amides is 1. The molecule has 0 bridgehead atoms. The zero-order valence-corrected chi connectivity index (χ0v) is 38.5. The predicted octanol–water partition coefficient (Wildman–Crippen LogP) is 9.52. The van der Waals surface area contributed by atoms with Gasteiger partial charge in [-0.2, -0.15) is 26.3 Å². The molecule has 19 heteroatoms. The van der Waals surface area contributed by atoms with Crippen molar-refractivity contribution >= 4 is 48.9 Å². The summed E-state index contributed by atoms with van der Waals surface area (Å²) in [6, 6.07) is 29.6. The molecule has 0 spiro atoms. The van der Waals surface area contributed by atoms with Gasteiger partial charge in [-0.25, -0.2) is 21.6 Å². The summed E-state index contributed by atoms with van der Waals surface area (Å²) in [4.78, 5) is 15.9. The summed E-state index contributed by atoms with van der Waals surface area (Å²) in [5.41, 5.74) is -3.70. The maximum atomic E-state index is 14.2. The summed E-state index contributed by atoms with van der Waals surface area (Å²) in [5.74, 6) is -0.801. The van der Waals surface area contributed by atoms with Crippen molar-refractivity contribution in [1.29, 1.82) is 0 Å². The number of sulfone groups is 1. The summed E-state index contributed by atoms with van der Waals surface area (Å²) in [5, 5.41) is 12.0. The number of benzene rings is 5. The fourth-order valence-electron chi connectivity index (χ4n) is 7.79. The van der Waals surface area contributed by atoms with Gasteiger partial charge in [0, 0.05) is 47.1 Å². The molecular weight excluding hydrogens is 927 g/mol. The zero-order valence-electron chi connectivity index (χ0n) is 36.0. The fourth-order valence-corrected chi connectivity index (χ4v) is 10.9. The maximum absolute atomic E-state index is 14.2. The van der Waals surface area contributed by atoms with Gasteiger partial charge in [0.25, 0.3) is 25.8 Å². The van der Waals surface area contributed by atoms with Gasteiger partial charge in [0.15, 0.2) is 0 Å². The van der Waals surface area contributed by atoms with E-state index in [4.69, 9.17) is 0 Å². The van der Waals surface area contributed by atoms with Crippen LogP contribution in [0.5, 0.6) is 0 Å². The van der Waals surface area contributed by atoms with Crippen molar-refractivity contribution in [3.8, 4) is 11.1 Å². The first-order chi connectivity index (χ1) is 31.2. The Kier molecular flexibility index (Phi) is 16.2. The fraction of sp³-hybridized carbons (Fsp3) is 0.340. The lowest BCUT2D eigenvalue weighted by molar-refractivity contribution is -0.137. The first kappa shape index (κ1) is 50.3. The van der Waals surface area contributed by atoms with Crippen LogP contribution in [-0.2, 0) is 32.5 Å². The highest BCUT2D eigenvalue weighted by atomic mass is 32.2. The lowest BCUT2D eigenvalue weighted by atomic mass is 9.86. The highest BCUT2D eigenvalue weighted by molar-refractivity contribution is 8.00. The van der Waals surface area contributed by atoms with Crippen LogP contribution < -0.4 is 14.9 Å². The minimum atomic E-state index is -6.12. The van der Waals surface area contributed by atoms with Crippen LogP contribution in [0.15, 0.2) is 136 Å². The van der Waals surface area contributed by atoms with Crippen LogP contribution in [0.4, 0.5) is 37.7 Å². The van der Waals surface area contributed by atoms with Gasteiger partial charge in [-0.1, -0.05) is 61.5 Å². The Labute approximate surface area is 385 Å². The summed E-state index contributed by atoms with van der Waals surface area (Å²) < 4.78 is 137. The molecule has 5 aromatic carbocycles. The Hall–Kier alpha value is -5.08. The number of rotatable bonds is 18. The summed E-state index contributed by atoms with van der Waals surface area (Å²) >= 11 is 1.41. The molecular formula is C47H50F6N4O6S3. The molecule has 1 aliphatic rings. The van der Waals surface area contributed by atoms with E-state index in [2.05, 4.69) is 10.2 Å². The number of alkyl halides is 6. The van der Waals surface area contributed by atoms with Gasteiger partial charge in [-0.3, -0.25) is 4.79 Å². The van der Waals surface area contributed by atoms with E-state index < -0.39 is 64.5 Å². The number of carbonyl (C=O) groups is 1. The molecule has 1 saturated heterocycles. The average molecular weight is 977 g/mol. The van der Waals surface area contributed by atoms with Crippen LogP contribution in [0.2, 0.25) is 0 Å². The predicted molar refractivity (Wildman–Crippen MR) is 245 cm³/mol. The smallest absolute Gasteiger partial charge is 0.395 e. The molecule has 1 amide bonds. The Bertz CT molecular complexity index is 2650. The number of thioether (sulfide) groups is 1. The van der Waals surface area contributed by atoms with Gasteiger partial charge in [0.05, 0.1) is 22.8 Å². The third-order valence-corrected chi connectivity index (χ3v) is 15.6. The molecule has 0 aromatic heterocycles. The summed E-state index contributed by atoms with van der Waals surface area (Å²) in [6.45, 7) is 3.71. The van der Waals surface area contributed by atoms with Crippen LogP contribution >= 0.6 is 11.8 Å². The number of halogens is 6. The molecule has 6 rings (SSSR count). The first-order valence-electron chi connectivity index (χ1n) is 21.1. The number of nitrogens with zero attached hydrogens (tertiary/aromatic N) is 2. The van der Waals surface area contributed by atoms with Crippen LogP contribution in [0.1, 0.15) is 47.7 Å². The Morgan fingerprint density at radius 3 is 2.09 bits per heavy atom. The number of hydrogen-bond donors (Lipinski definition) is 3. The number of sulfonamides is 1. The van der Waals surface area contributed by atoms with Crippen molar-refractivity contribution in [3.63, 3.8) is 0 Å². The van der Waals surface area contributed by atoms with E-state index in [1.54, 1.807) is 24.1 Å². The van der Waals surface area contributed by atoms with Gasteiger partial charge in [0.1, 0.15) is 4.90 Å². The van der Waals surface area contributed by atoms with Crippen molar-refractivity contribution in [2.24, 2.45) is 5.92 Å². The van der Waals surface area contributed by atoms with E-state index >= 15 is 0 Å². The minimum absolute atomic E-state index is 0.0718. The van der Waals surface area contributed by atoms with Gasteiger partial charge < -0.3 is 20.2 Å². The molecule has 0 aliphatic carbocycles.